The van der Waals surface area contributed by atoms with Gasteiger partial charge in [0.05, 0.1) is 11.6 Å². The van der Waals surface area contributed by atoms with Gasteiger partial charge in [-0.2, -0.15) is 5.10 Å². The first kappa shape index (κ1) is 20.9. The zero-order chi connectivity index (χ0) is 24.1. The second-order valence-corrected chi connectivity index (χ2v) is 9.19. The summed E-state index contributed by atoms with van der Waals surface area (Å²) in [5.41, 5.74) is 4.08. The lowest BCUT2D eigenvalue weighted by Crippen LogP contribution is -2.46. The van der Waals surface area contributed by atoms with Crippen molar-refractivity contribution in [3.05, 3.63) is 60.8 Å². The third kappa shape index (κ3) is 3.62. The van der Waals surface area contributed by atoms with Crippen LogP contribution < -0.4 is 19.7 Å². The normalized spacial score (nSPS) is 16.9. The van der Waals surface area contributed by atoms with Gasteiger partial charge >= 0.3 is 0 Å². The molecule has 0 saturated carbocycles. The van der Waals surface area contributed by atoms with E-state index in [4.69, 9.17) is 14.5 Å². The molecule has 180 valence electrons. The van der Waals surface area contributed by atoms with Gasteiger partial charge in [0.2, 0.25) is 0 Å². The van der Waals surface area contributed by atoms with E-state index in [0.29, 0.717) is 24.2 Å². The summed E-state index contributed by atoms with van der Waals surface area (Å²) in [5, 5.41) is 7.55. The van der Waals surface area contributed by atoms with Crippen LogP contribution in [0.15, 0.2) is 55.2 Å². The Hall–Kier alpha value is -4.47. The number of pyridine rings is 2. The highest BCUT2D eigenvalue weighted by atomic mass is 16.5. The van der Waals surface area contributed by atoms with Crippen LogP contribution in [0.25, 0.3) is 16.7 Å². The van der Waals surface area contributed by atoms with E-state index in [0.717, 1.165) is 58.2 Å². The average molecular weight is 481 g/mol. The molecule has 2 aliphatic rings. The Balaban J connectivity index is 1.18. The fourth-order valence-electron chi connectivity index (χ4n) is 4.97. The smallest absolute Gasteiger partial charge is 0.172 e. The van der Waals surface area contributed by atoms with Gasteiger partial charge in [-0.25, -0.2) is 24.5 Å². The molecular formula is C26H24N8O2. The summed E-state index contributed by atoms with van der Waals surface area (Å²) in [6.07, 6.45) is 8.44. The number of aromatic nitrogens is 6. The molecule has 0 radical (unpaired) electrons. The second-order valence-electron chi connectivity index (χ2n) is 9.19. The lowest BCUT2D eigenvalue weighted by molar-refractivity contribution is 0.238. The molecule has 4 aromatic heterocycles. The molecule has 10 heteroatoms. The van der Waals surface area contributed by atoms with E-state index in [1.165, 1.54) is 19.2 Å². The molecule has 7 rings (SSSR count). The number of anilines is 3. The van der Waals surface area contributed by atoms with Gasteiger partial charge in [-0.3, -0.25) is 0 Å². The Morgan fingerprint density at radius 3 is 2.97 bits per heavy atom. The fourth-order valence-corrected chi connectivity index (χ4v) is 4.97. The molecule has 2 aliphatic heterocycles. The van der Waals surface area contributed by atoms with Crippen molar-refractivity contribution in [3.63, 3.8) is 0 Å². The van der Waals surface area contributed by atoms with Gasteiger partial charge in [0, 0.05) is 30.6 Å². The number of nitrogens with zero attached hydrogens (tertiary/aromatic N) is 7. The van der Waals surface area contributed by atoms with Gasteiger partial charge in [-0.1, -0.05) is 0 Å². The SMILES string of the molecule is Cc1cc(Nc2ncnc3cc4c(nc23)N2CCCC[C@H]2CO4)ccc1Oc1ccn2ncnc2c1. The van der Waals surface area contributed by atoms with Crippen LogP contribution in [0.1, 0.15) is 24.8 Å². The molecule has 5 aromatic rings. The molecule has 1 saturated heterocycles. The molecule has 1 aromatic carbocycles. The standard InChI is InChI=1S/C26H24N8O2/c1-16-10-17(5-6-21(16)36-19-7-9-34-23(11-19)28-15-30-34)31-25-24-20(27-14-29-25)12-22-26(32-24)33-8-3-2-4-18(33)13-35-22/h5-7,9-12,14-15,18H,2-4,8,13H2,1H3,(H,27,29,31)/t18-/m0/s1. The van der Waals surface area contributed by atoms with Crippen molar-refractivity contribution in [1.82, 2.24) is 29.5 Å². The van der Waals surface area contributed by atoms with Crippen LogP contribution in [0, 0.1) is 6.92 Å². The zero-order valence-corrected chi connectivity index (χ0v) is 19.8. The number of aryl methyl sites for hydroxylation is 1. The van der Waals surface area contributed by atoms with Crippen molar-refractivity contribution in [3.8, 4) is 17.2 Å². The predicted octanol–water partition coefficient (Wildman–Crippen LogP) is 4.66. The summed E-state index contributed by atoms with van der Waals surface area (Å²) < 4.78 is 13.9. The topological polar surface area (TPSA) is 103 Å². The largest absolute Gasteiger partial charge is 0.487 e. The molecule has 6 heterocycles. The Labute approximate surface area is 206 Å². The Bertz CT molecular complexity index is 1600. The molecule has 1 N–H and O–H groups in total. The van der Waals surface area contributed by atoms with Crippen LogP contribution in [0.5, 0.6) is 17.2 Å². The van der Waals surface area contributed by atoms with Crippen molar-refractivity contribution < 1.29 is 9.47 Å². The van der Waals surface area contributed by atoms with Gasteiger partial charge in [-0.05, 0) is 56.0 Å². The number of hydrogen-bond acceptors (Lipinski definition) is 9. The summed E-state index contributed by atoms with van der Waals surface area (Å²) in [6, 6.07) is 12.0. The fraction of sp³-hybridized carbons (Fsp3) is 0.269. The maximum absolute atomic E-state index is 6.11. The minimum absolute atomic E-state index is 0.387. The summed E-state index contributed by atoms with van der Waals surface area (Å²) in [6.45, 7) is 3.72. The molecule has 10 nitrogen and oxygen atoms in total. The van der Waals surface area contributed by atoms with E-state index < -0.39 is 0 Å². The molecule has 0 bridgehead atoms. The van der Waals surface area contributed by atoms with Crippen molar-refractivity contribution in [2.24, 2.45) is 0 Å². The number of rotatable bonds is 4. The molecule has 36 heavy (non-hydrogen) atoms. The van der Waals surface area contributed by atoms with E-state index >= 15 is 0 Å². The number of fused-ring (bicyclic) bond motifs is 5. The minimum atomic E-state index is 0.387. The maximum Gasteiger partial charge on any atom is 0.172 e. The highest BCUT2D eigenvalue weighted by molar-refractivity contribution is 5.90. The van der Waals surface area contributed by atoms with Gasteiger partial charge in [0.25, 0.3) is 0 Å². The predicted molar refractivity (Wildman–Crippen MR) is 135 cm³/mol. The lowest BCUT2D eigenvalue weighted by atomic mass is 10.0. The van der Waals surface area contributed by atoms with Crippen molar-refractivity contribution in [2.45, 2.75) is 32.2 Å². The summed E-state index contributed by atoms with van der Waals surface area (Å²) in [5.74, 6) is 3.81. The number of nitrogens with one attached hydrogen (secondary N) is 1. The monoisotopic (exact) mass is 480 g/mol. The number of piperidine rings is 1. The number of benzene rings is 1. The van der Waals surface area contributed by atoms with Crippen LogP contribution in [-0.4, -0.2) is 48.7 Å². The van der Waals surface area contributed by atoms with Gasteiger partial charge < -0.3 is 19.7 Å². The first-order valence-corrected chi connectivity index (χ1v) is 12.1. The Morgan fingerprint density at radius 1 is 1.06 bits per heavy atom. The maximum atomic E-state index is 6.11. The van der Waals surface area contributed by atoms with Crippen molar-refractivity contribution >= 4 is 34.0 Å². The Morgan fingerprint density at radius 2 is 2.03 bits per heavy atom. The average Bonchev–Trinajstić information content (AvgIpc) is 3.37. The quantitative estimate of drug-likeness (QED) is 0.393. The highest BCUT2D eigenvalue weighted by Crippen LogP contribution is 2.38. The van der Waals surface area contributed by atoms with Crippen LogP contribution in [-0.2, 0) is 0 Å². The molecule has 0 spiro atoms. The van der Waals surface area contributed by atoms with Gasteiger partial charge in [-0.15, -0.1) is 0 Å². The van der Waals surface area contributed by atoms with Crippen LogP contribution >= 0.6 is 0 Å². The molecule has 1 fully saturated rings. The van der Waals surface area contributed by atoms with Gasteiger partial charge in [0.1, 0.15) is 36.3 Å². The second kappa shape index (κ2) is 8.33. The lowest BCUT2D eigenvalue weighted by Gasteiger charge is -2.40. The molecule has 0 amide bonds. The highest BCUT2D eigenvalue weighted by Gasteiger charge is 2.31. The van der Waals surface area contributed by atoms with Gasteiger partial charge in [0.15, 0.2) is 23.0 Å². The van der Waals surface area contributed by atoms with E-state index in [2.05, 4.69) is 30.3 Å². The van der Waals surface area contributed by atoms with E-state index in [-0.39, 0.29) is 0 Å². The van der Waals surface area contributed by atoms with Crippen LogP contribution in [0.2, 0.25) is 0 Å². The van der Waals surface area contributed by atoms with Crippen LogP contribution in [0.3, 0.4) is 0 Å². The van der Waals surface area contributed by atoms with E-state index in [1.807, 2.05) is 49.5 Å². The first-order valence-electron chi connectivity index (χ1n) is 12.1. The molecular weight excluding hydrogens is 456 g/mol. The third-order valence-corrected chi connectivity index (χ3v) is 6.80. The van der Waals surface area contributed by atoms with E-state index in [1.54, 1.807) is 10.8 Å². The van der Waals surface area contributed by atoms with Crippen molar-refractivity contribution in [2.75, 3.05) is 23.4 Å². The Kier molecular flexibility index (Phi) is 4.83. The first-order chi connectivity index (χ1) is 17.7. The molecule has 0 unspecified atom stereocenters. The number of hydrogen-bond donors (Lipinski definition) is 1. The van der Waals surface area contributed by atoms with Crippen molar-refractivity contribution in [1.29, 1.82) is 0 Å². The summed E-state index contributed by atoms with van der Waals surface area (Å²) in [4.78, 5) is 20.5. The number of ether oxygens (including phenoxy) is 2. The molecule has 0 aliphatic carbocycles. The summed E-state index contributed by atoms with van der Waals surface area (Å²) >= 11 is 0. The third-order valence-electron chi connectivity index (χ3n) is 6.80. The summed E-state index contributed by atoms with van der Waals surface area (Å²) in [7, 11) is 0. The van der Waals surface area contributed by atoms with E-state index in [9.17, 15) is 0 Å². The molecule has 1 atom stereocenters. The minimum Gasteiger partial charge on any atom is -0.487 e. The van der Waals surface area contributed by atoms with Crippen LogP contribution in [0.4, 0.5) is 17.3 Å². The zero-order valence-electron chi connectivity index (χ0n) is 19.8.